The second-order valence-electron chi connectivity index (χ2n) is 6.57. The van der Waals surface area contributed by atoms with Gasteiger partial charge in [-0.05, 0) is 35.7 Å². The largest absolute Gasteiger partial charge is 0.454 e. The highest BCUT2D eigenvalue weighted by Gasteiger charge is 2.36. The predicted octanol–water partition coefficient (Wildman–Crippen LogP) is 2.88. The average Bonchev–Trinajstić information content (AvgIpc) is 3.28. The fourth-order valence-electron chi connectivity index (χ4n) is 3.38. The van der Waals surface area contributed by atoms with Crippen molar-refractivity contribution >= 4 is 23.4 Å². The van der Waals surface area contributed by atoms with Crippen LogP contribution in [0.5, 0.6) is 11.5 Å². The van der Waals surface area contributed by atoms with E-state index in [0.717, 1.165) is 11.1 Å². The van der Waals surface area contributed by atoms with Crippen molar-refractivity contribution in [2.75, 3.05) is 6.79 Å². The van der Waals surface area contributed by atoms with Crippen LogP contribution in [0, 0.1) is 0 Å². The fourth-order valence-corrected chi connectivity index (χ4v) is 3.58. The van der Waals surface area contributed by atoms with E-state index in [1.807, 2.05) is 36.4 Å². The van der Waals surface area contributed by atoms with Gasteiger partial charge in [0.2, 0.25) is 18.6 Å². The highest BCUT2D eigenvalue weighted by molar-refractivity contribution is 6.31. The molecule has 0 saturated carbocycles. The van der Waals surface area contributed by atoms with E-state index in [1.54, 1.807) is 11.0 Å². The normalized spacial score (nSPS) is 18.0. The minimum atomic E-state index is -0.481. The van der Waals surface area contributed by atoms with E-state index >= 15 is 0 Å². The van der Waals surface area contributed by atoms with Gasteiger partial charge in [0.15, 0.2) is 11.5 Å². The summed E-state index contributed by atoms with van der Waals surface area (Å²) in [5.74, 6) is 1.17. The number of nitrogens with one attached hydrogen (secondary N) is 1. The van der Waals surface area contributed by atoms with Gasteiger partial charge in [-0.15, -0.1) is 0 Å². The average molecular weight is 387 g/mol. The molecule has 140 valence electrons. The van der Waals surface area contributed by atoms with E-state index in [0.29, 0.717) is 42.5 Å². The van der Waals surface area contributed by atoms with Crippen molar-refractivity contribution in [2.24, 2.45) is 0 Å². The van der Waals surface area contributed by atoms with E-state index in [2.05, 4.69) is 5.32 Å². The second kappa shape index (κ2) is 7.48. The Hall–Kier alpha value is -2.73. The molecule has 4 rings (SSSR count). The molecule has 0 radical (unpaired) electrons. The van der Waals surface area contributed by atoms with Crippen LogP contribution in [0.4, 0.5) is 0 Å². The third-order valence-corrected chi connectivity index (χ3v) is 5.20. The first-order valence-electron chi connectivity index (χ1n) is 8.81. The molecule has 2 amide bonds. The van der Waals surface area contributed by atoms with Crippen LogP contribution in [-0.4, -0.2) is 29.5 Å². The van der Waals surface area contributed by atoms with Crippen molar-refractivity contribution in [1.82, 2.24) is 10.2 Å². The van der Waals surface area contributed by atoms with Gasteiger partial charge in [-0.2, -0.15) is 0 Å². The number of fused-ring (bicyclic) bond motifs is 1. The van der Waals surface area contributed by atoms with Gasteiger partial charge in [0.25, 0.3) is 0 Å². The van der Waals surface area contributed by atoms with Crippen LogP contribution in [0.25, 0.3) is 0 Å². The van der Waals surface area contributed by atoms with E-state index in [4.69, 9.17) is 21.1 Å². The van der Waals surface area contributed by atoms with E-state index in [1.165, 1.54) is 0 Å². The third-order valence-electron chi connectivity index (χ3n) is 4.83. The summed E-state index contributed by atoms with van der Waals surface area (Å²) in [6, 6.07) is 12.5. The molecule has 6 nitrogen and oxygen atoms in total. The molecule has 27 heavy (non-hydrogen) atoms. The van der Waals surface area contributed by atoms with Crippen LogP contribution in [0.15, 0.2) is 42.5 Å². The van der Waals surface area contributed by atoms with Gasteiger partial charge in [-0.1, -0.05) is 35.9 Å². The highest BCUT2D eigenvalue weighted by atomic mass is 35.5. The molecule has 0 aliphatic carbocycles. The lowest BCUT2D eigenvalue weighted by Crippen LogP contribution is -2.44. The monoisotopic (exact) mass is 386 g/mol. The number of hydrogen-bond donors (Lipinski definition) is 1. The Bertz CT molecular complexity index is 886. The van der Waals surface area contributed by atoms with Crippen molar-refractivity contribution in [2.45, 2.75) is 32.0 Å². The maximum absolute atomic E-state index is 12.7. The van der Waals surface area contributed by atoms with Crippen LogP contribution >= 0.6 is 11.6 Å². The number of hydrogen-bond acceptors (Lipinski definition) is 4. The zero-order valence-corrected chi connectivity index (χ0v) is 15.4. The van der Waals surface area contributed by atoms with E-state index < -0.39 is 6.04 Å². The van der Waals surface area contributed by atoms with Crippen LogP contribution in [0.1, 0.15) is 24.0 Å². The molecule has 0 bridgehead atoms. The first kappa shape index (κ1) is 17.7. The SMILES string of the molecule is O=C(NCc1ccccc1Cl)C1CCC(=O)N1Cc1ccc2c(c1)OCO2. The lowest BCUT2D eigenvalue weighted by Gasteiger charge is -2.24. The maximum Gasteiger partial charge on any atom is 0.243 e. The van der Waals surface area contributed by atoms with Crippen molar-refractivity contribution in [1.29, 1.82) is 0 Å². The standard InChI is InChI=1S/C20H19ClN2O4/c21-15-4-2-1-3-14(15)10-22-20(25)16-6-8-19(24)23(16)11-13-5-7-17-18(9-13)27-12-26-17/h1-5,7,9,16H,6,8,10-12H2,(H,22,25). The molecule has 2 aliphatic heterocycles. The number of likely N-dealkylation sites (tertiary alicyclic amines) is 1. The van der Waals surface area contributed by atoms with Crippen molar-refractivity contribution in [3.8, 4) is 11.5 Å². The van der Waals surface area contributed by atoms with Crippen molar-refractivity contribution < 1.29 is 19.1 Å². The molecular weight excluding hydrogens is 368 g/mol. The van der Waals surface area contributed by atoms with Gasteiger partial charge in [0.1, 0.15) is 6.04 Å². The number of carbonyl (C=O) groups is 2. The lowest BCUT2D eigenvalue weighted by molar-refractivity contribution is -0.135. The van der Waals surface area contributed by atoms with Crippen LogP contribution < -0.4 is 14.8 Å². The summed E-state index contributed by atoms with van der Waals surface area (Å²) >= 11 is 6.14. The topological polar surface area (TPSA) is 67.9 Å². The Morgan fingerprint density at radius 2 is 2.00 bits per heavy atom. The molecule has 2 aliphatic rings. The Balaban J connectivity index is 1.43. The molecule has 1 N–H and O–H groups in total. The van der Waals surface area contributed by atoms with Gasteiger partial charge in [-0.25, -0.2) is 0 Å². The van der Waals surface area contributed by atoms with Crippen molar-refractivity contribution in [3.63, 3.8) is 0 Å². The zero-order valence-electron chi connectivity index (χ0n) is 14.6. The predicted molar refractivity (Wildman–Crippen MR) is 99.4 cm³/mol. The maximum atomic E-state index is 12.7. The van der Waals surface area contributed by atoms with Crippen LogP contribution in [0.2, 0.25) is 5.02 Å². The highest BCUT2D eigenvalue weighted by Crippen LogP contribution is 2.33. The molecule has 7 heteroatoms. The van der Waals surface area contributed by atoms with Gasteiger partial charge in [0.05, 0.1) is 0 Å². The summed E-state index contributed by atoms with van der Waals surface area (Å²) in [7, 11) is 0. The first-order valence-corrected chi connectivity index (χ1v) is 9.19. The number of amides is 2. The molecule has 2 aromatic rings. The van der Waals surface area contributed by atoms with Crippen molar-refractivity contribution in [3.05, 3.63) is 58.6 Å². The van der Waals surface area contributed by atoms with Gasteiger partial charge >= 0.3 is 0 Å². The smallest absolute Gasteiger partial charge is 0.243 e. The Morgan fingerprint density at radius 3 is 2.85 bits per heavy atom. The summed E-state index contributed by atoms with van der Waals surface area (Å²) in [5.41, 5.74) is 1.75. The molecular formula is C20H19ClN2O4. The Labute approximate surface area is 162 Å². The lowest BCUT2D eigenvalue weighted by atomic mass is 10.1. The molecule has 2 heterocycles. The number of rotatable bonds is 5. The molecule has 1 fully saturated rings. The summed E-state index contributed by atoms with van der Waals surface area (Å²) in [6.45, 7) is 0.898. The quantitative estimate of drug-likeness (QED) is 0.858. The number of halogens is 1. The fraction of sp³-hybridized carbons (Fsp3) is 0.300. The zero-order chi connectivity index (χ0) is 18.8. The summed E-state index contributed by atoms with van der Waals surface area (Å²) in [4.78, 5) is 26.6. The van der Waals surface area contributed by atoms with Gasteiger partial charge < -0.3 is 19.7 Å². The molecule has 1 saturated heterocycles. The number of benzene rings is 2. The number of carbonyl (C=O) groups excluding carboxylic acids is 2. The van der Waals surface area contributed by atoms with E-state index in [-0.39, 0.29) is 18.6 Å². The van der Waals surface area contributed by atoms with Crippen LogP contribution in [-0.2, 0) is 22.7 Å². The molecule has 2 aromatic carbocycles. The number of ether oxygens (including phenoxy) is 2. The number of nitrogens with zero attached hydrogens (tertiary/aromatic N) is 1. The summed E-state index contributed by atoms with van der Waals surface area (Å²) in [6.07, 6.45) is 0.881. The molecule has 1 unspecified atom stereocenters. The molecule has 0 spiro atoms. The molecule has 0 aromatic heterocycles. The van der Waals surface area contributed by atoms with Crippen LogP contribution in [0.3, 0.4) is 0 Å². The second-order valence-corrected chi connectivity index (χ2v) is 6.98. The van der Waals surface area contributed by atoms with Gasteiger partial charge in [-0.3, -0.25) is 9.59 Å². The van der Waals surface area contributed by atoms with E-state index in [9.17, 15) is 9.59 Å². The summed E-state index contributed by atoms with van der Waals surface area (Å²) < 4.78 is 10.7. The minimum Gasteiger partial charge on any atom is -0.454 e. The van der Waals surface area contributed by atoms with Gasteiger partial charge in [0, 0.05) is 24.5 Å². The minimum absolute atomic E-state index is 0.0226. The third kappa shape index (κ3) is 3.71. The first-order chi connectivity index (χ1) is 13.1. The Kier molecular flexibility index (Phi) is 4.90. The summed E-state index contributed by atoms with van der Waals surface area (Å²) in [5, 5.41) is 3.51. The molecule has 1 atom stereocenters. The Morgan fingerprint density at radius 1 is 1.19 bits per heavy atom.